The summed E-state index contributed by atoms with van der Waals surface area (Å²) in [5, 5.41) is 19.2. The van der Waals surface area contributed by atoms with E-state index < -0.39 is 0 Å². The zero-order valence-electron chi connectivity index (χ0n) is 17.0. The van der Waals surface area contributed by atoms with Gasteiger partial charge >= 0.3 is 5.97 Å². The van der Waals surface area contributed by atoms with Gasteiger partial charge in [0.15, 0.2) is 0 Å². The minimum Gasteiger partial charge on any atom is -0.469 e. The van der Waals surface area contributed by atoms with Gasteiger partial charge < -0.3 is 19.7 Å². The monoisotopic (exact) mass is 382 g/mol. The number of aliphatic hydroxyl groups is 2. The van der Waals surface area contributed by atoms with E-state index in [4.69, 9.17) is 9.84 Å². The Hall–Kier alpha value is -1.17. The summed E-state index contributed by atoms with van der Waals surface area (Å²) in [6.07, 6.45) is 17.3. The number of methoxy groups -OCH3 is 2. The lowest BCUT2D eigenvalue weighted by Crippen LogP contribution is -2.21. The van der Waals surface area contributed by atoms with Crippen molar-refractivity contribution in [3.8, 4) is 0 Å². The Balaban J connectivity index is 2.41. The number of carbonyl (C=O) groups excluding carboxylic acids is 1. The zero-order valence-corrected chi connectivity index (χ0v) is 17.0. The summed E-state index contributed by atoms with van der Waals surface area (Å²) in [6.45, 7) is 0.281. The minimum atomic E-state index is -0.339. The molecule has 1 unspecified atom stereocenters. The van der Waals surface area contributed by atoms with Crippen LogP contribution in [0, 0.1) is 11.8 Å². The Bertz CT molecular complexity index is 446. The lowest BCUT2D eigenvalue weighted by Gasteiger charge is -2.20. The second-order valence-electron chi connectivity index (χ2n) is 7.35. The van der Waals surface area contributed by atoms with E-state index in [1.165, 1.54) is 7.11 Å². The maximum absolute atomic E-state index is 11.1. The number of esters is 1. The smallest absolute Gasteiger partial charge is 0.305 e. The summed E-state index contributed by atoms with van der Waals surface area (Å²) >= 11 is 0. The molecule has 0 heterocycles. The van der Waals surface area contributed by atoms with Crippen molar-refractivity contribution in [3.63, 3.8) is 0 Å². The van der Waals surface area contributed by atoms with Crippen LogP contribution < -0.4 is 0 Å². The van der Waals surface area contributed by atoms with Gasteiger partial charge in [-0.1, -0.05) is 37.1 Å². The summed E-state index contributed by atoms with van der Waals surface area (Å²) in [5.41, 5.74) is 0. The Morgan fingerprint density at radius 2 is 1.78 bits per heavy atom. The molecular formula is C22H38O5. The number of allylic oxidation sites excluding steroid dienone is 3. The fourth-order valence-electron chi connectivity index (χ4n) is 3.75. The van der Waals surface area contributed by atoms with E-state index in [1.54, 1.807) is 7.11 Å². The van der Waals surface area contributed by atoms with Crippen molar-refractivity contribution >= 4 is 5.97 Å². The van der Waals surface area contributed by atoms with Crippen LogP contribution in [-0.4, -0.2) is 49.2 Å². The summed E-state index contributed by atoms with van der Waals surface area (Å²) < 4.78 is 10.2. The van der Waals surface area contributed by atoms with Gasteiger partial charge in [-0.15, -0.1) is 0 Å². The lowest BCUT2D eigenvalue weighted by molar-refractivity contribution is -0.140. The Morgan fingerprint density at radius 3 is 2.48 bits per heavy atom. The van der Waals surface area contributed by atoms with Crippen molar-refractivity contribution in [2.24, 2.45) is 11.8 Å². The quantitative estimate of drug-likeness (QED) is 0.272. The summed E-state index contributed by atoms with van der Waals surface area (Å²) in [5.74, 6) is 0.249. The third-order valence-corrected chi connectivity index (χ3v) is 5.39. The first-order valence-corrected chi connectivity index (χ1v) is 10.3. The van der Waals surface area contributed by atoms with Crippen molar-refractivity contribution in [1.29, 1.82) is 0 Å². The Kier molecular flexibility index (Phi) is 13.1. The third-order valence-electron chi connectivity index (χ3n) is 5.39. The molecule has 27 heavy (non-hydrogen) atoms. The minimum absolute atomic E-state index is 0.0726. The molecule has 0 spiro atoms. The first-order valence-electron chi connectivity index (χ1n) is 10.3. The Morgan fingerprint density at radius 1 is 1.04 bits per heavy atom. The molecule has 5 nitrogen and oxygen atoms in total. The second kappa shape index (κ2) is 14.8. The first kappa shape index (κ1) is 23.9. The van der Waals surface area contributed by atoms with Crippen molar-refractivity contribution in [2.45, 2.75) is 76.4 Å². The summed E-state index contributed by atoms with van der Waals surface area (Å²) in [7, 11) is 3.13. The van der Waals surface area contributed by atoms with E-state index >= 15 is 0 Å². The predicted molar refractivity (Wildman–Crippen MR) is 107 cm³/mol. The molecule has 0 aromatic rings. The largest absolute Gasteiger partial charge is 0.469 e. The van der Waals surface area contributed by atoms with Crippen LogP contribution in [0.1, 0.15) is 64.2 Å². The fraction of sp³-hybridized carbons (Fsp3) is 0.773. The maximum Gasteiger partial charge on any atom is 0.305 e. The van der Waals surface area contributed by atoms with Gasteiger partial charge in [-0.25, -0.2) is 0 Å². The highest BCUT2D eigenvalue weighted by molar-refractivity contribution is 5.69. The molecule has 0 saturated heterocycles. The first-order chi connectivity index (χ1) is 13.1. The van der Waals surface area contributed by atoms with E-state index in [0.717, 1.165) is 51.4 Å². The van der Waals surface area contributed by atoms with Gasteiger partial charge in [0.2, 0.25) is 0 Å². The number of aliphatic hydroxyl groups excluding tert-OH is 2. The Labute approximate surface area is 164 Å². The van der Waals surface area contributed by atoms with Crippen molar-refractivity contribution in [3.05, 3.63) is 24.3 Å². The van der Waals surface area contributed by atoms with Crippen LogP contribution in [0.5, 0.6) is 0 Å². The average Bonchev–Trinajstić information content (AvgIpc) is 2.98. The molecule has 2 N–H and O–H groups in total. The average molecular weight is 383 g/mol. The molecule has 0 aromatic carbocycles. The number of carbonyl (C=O) groups is 1. The van der Waals surface area contributed by atoms with Crippen LogP contribution in [0.25, 0.3) is 0 Å². The third kappa shape index (κ3) is 9.54. The summed E-state index contributed by atoms with van der Waals surface area (Å²) in [6, 6.07) is 0. The van der Waals surface area contributed by atoms with Gasteiger partial charge in [-0.3, -0.25) is 4.79 Å². The van der Waals surface area contributed by atoms with E-state index in [1.807, 2.05) is 0 Å². The molecule has 1 rings (SSSR count). The summed E-state index contributed by atoms with van der Waals surface area (Å²) in [4.78, 5) is 11.1. The molecule has 156 valence electrons. The van der Waals surface area contributed by atoms with Crippen LogP contribution in [0.3, 0.4) is 0 Å². The molecule has 0 aromatic heterocycles. The van der Waals surface area contributed by atoms with Gasteiger partial charge in [-0.05, 0) is 44.4 Å². The number of rotatable bonds is 14. The highest BCUT2D eigenvalue weighted by Gasteiger charge is 2.40. The second-order valence-corrected chi connectivity index (χ2v) is 7.35. The van der Waals surface area contributed by atoms with Crippen LogP contribution in [0.15, 0.2) is 24.3 Å². The zero-order chi connectivity index (χ0) is 19.9. The molecule has 4 atom stereocenters. The van der Waals surface area contributed by atoms with Crippen LogP contribution in [-0.2, 0) is 14.3 Å². The van der Waals surface area contributed by atoms with Gasteiger partial charge in [0, 0.05) is 32.5 Å². The van der Waals surface area contributed by atoms with Crippen LogP contribution >= 0.6 is 0 Å². The highest BCUT2D eigenvalue weighted by Crippen LogP contribution is 2.38. The predicted octanol–water partition coefficient (Wildman–Crippen LogP) is 3.79. The molecule has 5 heteroatoms. The number of ether oxygens (including phenoxy) is 2. The van der Waals surface area contributed by atoms with Gasteiger partial charge in [0.05, 0.1) is 19.3 Å². The van der Waals surface area contributed by atoms with E-state index in [0.29, 0.717) is 12.8 Å². The fourth-order valence-corrected chi connectivity index (χ4v) is 3.75. The molecule has 0 amide bonds. The standard InChI is InChI=1S/C22H38O5/c1-26-21-17-20(24)18(13-9-6-7-11-15-22(25)27-2)19(21)14-10-5-3-4-8-12-16-23/h6,9-10,14,18-21,23-24H,3-5,7-8,11-13,15-17H2,1-2H3/t18?,19-,20+,21-/m1/s1. The topological polar surface area (TPSA) is 76.0 Å². The van der Waals surface area contributed by atoms with Gasteiger partial charge in [-0.2, -0.15) is 0 Å². The van der Waals surface area contributed by atoms with Crippen molar-refractivity contribution in [1.82, 2.24) is 0 Å². The molecule has 0 aliphatic heterocycles. The van der Waals surface area contributed by atoms with Gasteiger partial charge in [0.1, 0.15) is 0 Å². The molecule has 1 fully saturated rings. The molecule has 0 bridgehead atoms. The van der Waals surface area contributed by atoms with E-state index in [9.17, 15) is 9.90 Å². The SMILES string of the molecule is COC(=O)CCCC=CCC1[C@@H](C=CCCCCCCO)[C@H](OC)C[C@@H]1O. The van der Waals surface area contributed by atoms with Crippen molar-refractivity contribution < 1.29 is 24.5 Å². The van der Waals surface area contributed by atoms with E-state index in [2.05, 4.69) is 29.0 Å². The van der Waals surface area contributed by atoms with Crippen LogP contribution in [0.2, 0.25) is 0 Å². The highest BCUT2D eigenvalue weighted by atomic mass is 16.5. The van der Waals surface area contributed by atoms with E-state index in [-0.39, 0.29) is 36.6 Å². The molecule has 1 saturated carbocycles. The number of hydrogen-bond donors (Lipinski definition) is 2. The normalized spacial score (nSPS) is 25.6. The molecule has 1 aliphatic carbocycles. The molecule has 1 aliphatic rings. The van der Waals surface area contributed by atoms with Gasteiger partial charge in [0.25, 0.3) is 0 Å². The van der Waals surface area contributed by atoms with Crippen molar-refractivity contribution in [2.75, 3.05) is 20.8 Å². The number of unbranched alkanes of at least 4 members (excludes halogenated alkanes) is 5. The molecule has 0 radical (unpaired) electrons. The van der Waals surface area contributed by atoms with Crippen LogP contribution in [0.4, 0.5) is 0 Å². The lowest BCUT2D eigenvalue weighted by atomic mass is 9.89. The maximum atomic E-state index is 11.1. The number of hydrogen-bond acceptors (Lipinski definition) is 5. The molecular weight excluding hydrogens is 344 g/mol.